The van der Waals surface area contributed by atoms with Crippen LogP contribution in [0, 0.1) is 0 Å². The predicted molar refractivity (Wildman–Crippen MR) is 79.3 cm³/mol. The highest BCUT2D eigenvalue weighted by atomic mass is 32.2. The molecule has 0 aliphatic heterocycles. The first kappa shape index (κ1) is 15.5. The van der Waals surface area contributed by atoms with Crippen LogP contribution in [-0.4, -0.2) is 50.6 Å². The van der Waals surface area contributed by atoms with E-state index in [4.69, 9.17) is 15.2 Å². The molecule has 1 amide bonds. The number of rotatable bonds is 6. The van der Waals surface area contributed by atoms with Crippen LogP contribution in [-0.2, 0) is 0 Å². The largest absolute Gasteiger partial charge is 0.493 e. The number of hydrogen-bond donors (Lipinski definition) is 1. The van der Waals surface area contributed by atoms with Crippen molar-refractivity contribution in [3.8, 4) is 11.5 Å². The Morgan fingerprint density at radius 3 is 2.42 bits per heavy atom. The average Bonchev–Trinajstić information content (AvgIpc) is 2.43. The maximum Gasteiger partial charge on any atom is 0.255 e. The van der Waals surface area contributed by atoms with E-state index in [0.717, 1.165) is 5.75 Å². The Kier molecular flexibility index (Phi) is 5.82. The molecule has 0 saturated heterocycles. The van der Waals surface area contributed by atoms with Crippen LogP contribution in [0.4, 0.5) is 5.69 Å². The second kappa shape index (κ2) is 7.13. The van der Waals surface area contributed by atoms with E-state index in [0.29, 0.717) is 29.3 Å². The summed E-state index contributed by atoms with van der Waals surface area (Å²) in [6, 6.07) is 3.22. The molecule has 0 radical (unpaired) electrons. The number of carbonyl (C=O) groups excluding carboxylic acids is 1. The Morgan fingerprint density at radius 1 is 1.32 bits per heavy atom. The zero-order valence-corrected chi connectivity index (χ0v) is 12.5. The smallest absolute Gasteiger partial charge is 0.255 e. The van der Waals surface area contributed by atoms with Crippen molar-refractivity contribution in [2.75, 3.05) is 45.6 Å². The van der Waals surface area contributed by atoms with Gasteiger partial charge >= 0.3 is 0 Å². The van der Waals surface area contributed by atoms with Crippen molar-refractivity contribution in [2.45, 2.75) is 0 Å². The molecule has 0 bridgehead atoms. The minimum Gasteiger partial charge on any atom is -0.493 e. The fourth-order valence-electron chi connectivity index (χ4n) is 1.62. The monoisotopic (exact) mass is 284 g/mol. The summed E-state index contributed by atoms with van der Waals surface area (Å²) in [6.45, 7) is 0.674. The molecule has 0 atom stereocenters. The number of nitrogens with two attached hydrogens (primary N) is 1. The molecular formula is C13H20N2O3S. The van der Waals surface area contributed by atoms with Crippen molar-refractivity contribution in [1.82, 2.24) is 4.90 Å². The minimum atomic E-state index is -0.118. The maximum atomic E-state index is 12.3. The highest BCUT2D eigenvalue weighted by molar-refractivity contribution is 7.98. The third-order valence-corrected chi connectivity index (χ3v) is 3.35. The zero-order chi connectivity index (χ0) is 14.4. The van der Waals surface area contributed by atoms with Crippen molar-refractivity contribution in [3.63, 3.8) is 0 Å². The number of nitrogens with zero attached hydrogens (tertiary/aromatic N) is 1. The highest BCUT2D eigenvalue weighted by Gasteiger charge is 2.18. The number of benzene rings is 1. The Bertz CT molecular complexity index is 452. The van der Waals surface area contributed by atoms with E-state index in [1.165, 1.54) is 14.2 Å². The van der Waals surface area contributed by atoms with Crippen LogP contribution < -0.4 is 15.2 Å². The van der Waals surface area contributed by atoms with Gasteiger partial charge in [0.25, 0.3) is 5.91 Å². The molecule has 1 rings (SSSR count). The topological polar surface area (TPSA) is 64.8 Å². The summed E-state index contributed by atoms with van der Waals surface area (Å²) in [5.41, 5.74) is 6.72. The first-order valence-corrected chi connectivity index (χ1v) is 7.20. The first-order chi connectivity index (χ1) is 9.04. The van der Waals surface area contributed by atoms with Gasteiger partial charge in [-0.15, -0.1) is 0 Å². The second-order valence-corrected chi connectivity index (χ2v) is 5.00. The lowest BCUT2D eigenvalue weighted by molar-refractivity contribution is 0.0804. The summed E-state index contributed by atoms with van der Waals surface area (Å²) in [7, 11) is 4.82. The lowest BCUT2D eigenvalue weighted by Crippen LogP contribution is -2.29. The lowest BCUT2D eigenvalue weighted by Gasteiger charge is -2.19. The molecule has 0 unspecified atom stereocenters. The van der Waals surface area contributed by atoms with Crippen LogP contribution in [0.15, 0.2) is 12.1 Å². The van der Waals surface area contributed by atoms with Gasteiger partial charge in [0.2, 0.25) is 0 Å². The molecule has 2 N–H and O–H groups in total. The van der Waals surface area contributed by atoms with Gasteiger partial charge in [-0.3, -0.25) is 4.79 Å². The molecular weight excluding hydrogens is 264 g/mol. The summed E-state index contributed by atoms with van der Waals surface area (Å²) >= 11 is 1.69. The molecule has 0 aromatic heterocycles. The minimum absolute atomic E-state index is 0.118. The van der Waals surface area contributed by atoms with E-state index < -0.39 is 0 Å². The molecule has 0 fully saturated rings. The number of thioether (sulfide) groups is 1. The van der Waals surface area contributed by atoms with Gasteiger partial charge in [-0.1, -0.05) is 0 Å². The van der Waals surface area contributed by atoms with Gasteiger partial charge in [0.1, 0.15) is 0 Å². The number of nitrogen functional groups attached to an aromatic ring is 1. The molecule has 6 heteroatoms. The zero-order valence-electron chi connectivity index (χ0n) is 11.7. The standard InChI is InChI=1S/C13H20N2O3S/c1-15(5-6-19-4)13(16)9-7-11(17-2)12(18-3)8-10(9)14/h7-8H,5-6,14H2,1-4H3. The van der Waals surface area contributed by atoms with Crippen molar-refractivity contribution in [2.24, 2.45) is 0 Å². The number of ether oxygens (including phenoxy) is 2. The third-order valence-electron chi connectivity index (χ3n) is 2.76. The van der Waals surface area contributed by atoms with Crippen molar-refractivity contribution in [1.29, 1.82) is 0 Å². The Labute approximate surface area is 118 Å². The van der Waals surface area contributed by atoms with E-state index in [1.54, 1.807) is 35.8 Å². The number of methoxy groups -OCH3 is 2. The van der Waals surface area contributed by atoms with Crippen LogP contribution >= 0.6 is 11.8 Å². The molecule has 0 saturated carbocycles. The summed E-state index contributed by atoms with van der Waals surface area (Å²) in [6.07, 6.45) is 2.00. The molecule has 5 nitrogen and oxygen atoms in total. The first-order valence-electron chi connectivity index (χ1n) is 5.81. The normalized spacial score (nSPS) is 10.1. The van der Waals surface area contributed by atoms with Crippen molar-refractivity contribution < 1.29 is 14.3 Å². The fourth-order valence-corrected chi connectivity index (χ4v) is 2.07. The molecule has 0 heterocycles. The average molecular weight is 284 g/mol. The number of carbonyl (C=O) groups is 1. The van der Waals surface area contributed by atoms with Gasteiger partial charge in [0, 0.05) is 31.1 Å². The predicted octanol–water partition coefficient (Wildman–Crippen LogP) is 1.72. The quantitative estimate of drug-likeness (QED) is 0.806. The molecule has 0 aliphatic rings. The van der Waals surface area contributed by atoms with Gasteiger partial charge < -0.3 is 20.1 Å². The van der Waals surface area contributed by atoms with Crippen LogP contribution in [0.2, 0.25) is 0 Å². The van der Waals surface area contributed by atoms with Crippen molar-refractivity contribution >= 4 is 23.4 Å². The van der Waals surface area contributed by atoms with E-state index in [9.17, 15) is 4.79 Å². The molecule has 1 aromatic rings. The Hall–Kier alpha value is -1.56. The van der Waals surface area contributed by atoms with E-state index in [1.807, 2.05) is 6.26 Å². The summed E-state index contributed by atoms with van der Waals surface area (Å²) in [5, 5.41) is 0. The van der Waals surface area contributed by atoms with Gasteiger partial charge in [-0.2, -0.15) is 11.8 Å². The highest BCUT2D eigenvalue weighted by Crippen LogP contribution is 2.32. The second-order valence-electron chi connectivity index (χ2n) is 4.01. The van der Waals surface area contributed by atoms with E-state index in [-0.39, 0.29) is 5.91 Å². The van der Waals surface area contributed by atoms with Crippen LogP contribution in [0.5, 0.6) is 11.5 Å². The van der Waals surface area contributed by atoms with Crippen LogP contribution in [0.1, 0.15) is 10.4 Å². The van der Waals surface area contributed by atoms with Gasteiger partial charge in [0.15, 0.2) is 11.5 Å². The SMILES string of the molecule is COc1cc(N)c(C(=O)N(C)CCSC)cc1OC. The Morgan fingerprint density at radius 2 is 1.89 bits per heavy atom. The van der Waals surface area contributed by atoms with Crippen LogP contribution in [0.3, 0.4) is 0 Å². The number of anilines is 1. The number of amides is 1. The van der Waals surface area contributed by atoms with Gasteiger partial charge in [-0.05, 0) is 12.3 Å². The molecule has 0 spiro atoms. The van der Waals surface area contributed by atoms with Gasteiger partial charge in [-0.25, -0.2) is 0 Å². The molecule has 1 aromatic carbocycles. The Balaban J connectivity index is 3.02. The van der Waals surface area contributed by atoms with E-state index >= 15 is 0 Å². The van der Waals surface area contributed by atoms with Crippen molar-refractivity contribution in [3.05, 3.63) is 17.7 Å². The summed E-state index contributed by atoms with van der Waals surface area (Å²) in [5.74, 6) is 1.78. The van der Waals surface area contributed by atoms with E-state index in [2.05, 4.69) is 0 Å². The maximum absolute atomic E-state index is 12.3. The summed E-state index contributed by atoms with van der Waals surface area (Å²) in [4.78, 5) is 13.9. The van der Waals surface area contributed by atoms with Crippen LogP contribution in [0.25, 0.3) is 0 Å². The summed E-state index contributed by atoms with van der Waals surface area (Å²) < 4.78 is 10.3. The number of hydrogen-bond acceptors (Lipinski definition) is 5. The molecule has 19 heavy (non-hydrogen) atoms. The molecule has 106 valence electrons. The third kappa shape index (κ3) is 3.70. The molecule has 0 aliphatic carbocycles. The lowest BCUT2D eigenvalue weighted by atomic mass is 10.1. The van der Waals surface area contributed by atoms with Gasteiger partial charge in [0.05, 0.1) is 19.8 Å². The fraction of sp³-hybridized carbons (Fsp3) is 0.462.